The fraction of sp³-hybridized carbons (Fsp3) is 0.182. The predicted molar refractivity (Wildman–Crippen MR) is 125 cm³/mol. The summed E-state index contributed by atoms with van der Waals surface area (Å²) in [5.74, 6) is 2.64. The van der Waals surface area contributed by atoms with Crippen molar-refractivity contribution in [3.05, 3.63) is 70.0 Å². The Labute approximate surface area is 204 Å². The van der Waals surface area contributed by atoms with Gasteiger partial charge in [0.25, 0.3) is 10.0 Å². The number of halogens is 3. The van der Waals surface area contributed by atoms with Crippen molar-refractivity contribution in [1.82, 2.24) is 9.97 Å². The third kappa shape index (κ3) is 6.14. The molecule has 3 aromatic rings. The van der Waals surface area contributed by atoms with Crippen molar-refractivity contribution >= 4 is 33.3 Å². The van der Waals surface area contributed by atoms with Crippen molar-refractivity contribution in [3.63, 3.8) is 0 Å². The lowest BCUT2D eigenvalue weighted by molar-refractivity contribution is 0.272. The van der Waals surface area contributed by atoms with E-state index in [1.54, 1.807) is 0 Å². The molecular weight excluding hydrogens is 506 g/mol. The molecule has 0 unspecified atom stereocenters. The zero-order valence-corrected chi connectivity index (χ0v) is 19.7. The van der Waals surface area contributed by atoms with Crippen LogP contribution in [0.2, 0.25) is 5.02 Å². The number of methoxy groups -OCH3 is 1. The third-order valence-electron chi connectivity index (χ3n) is 4.47. The summed E-state index contributed by atoms with van der Waals surface area (Å²) >= 11 is 5.95. The van der Waals surface area contributed by atoms with E-state index in [1.165, 1.54) is 25.6 Å². The fourth-order valence-corrected chi connectivity index (χ4v) is 4.51. The second-order valence-corrected chi connectivity index (χ2v) is 8.93. The summed E-state index contributed by atoms with van der Waals surface area (Å²) in [4.78, 5) is 7.47. The number of hydrogen-bond donors (Lipinski definition) is 4. The molecule has 4 N–H and O–H groups in total. The molecule has 184 valence electrons. The quantitative estimate of drug-likeness (QED) is 0.330. The average Bonchev–Trinajstić information content (AvgIpc) is 2.84. The average molecular weight is 525 g/mol. The molecule has 2 aromatic carbocycles. The number of aliphatic hydroxyl groups is 2. The topological polar surface area (TPSA) is 134 Å². The lowest BCUT2D eigenvalue weighted by Gasteiger charge is -2.15. The molecule has 0 bridgehead atoms. The van der Waals surface area contributed by atoms with Crippen LogP contribution in [-0.2, 0) is 16.6 Å². The van der Waals surface area contributed by atoms with E-state index in [0.717, 1.165) is 18.2 Å². The van der Waals surface area contributed by atoms with E-state index in [9.17, 15) is 17.9 Å². The van der Waals surface area contributed by atoms with E-state index in [1.807, 2.05) is 4.72 Å². The molecule has 1 heterocycles. The molecule has 0 saturated heterocycles. The van der Waals surface area contributed by atoms with E-state index in [2.05, 4.69) is 27.1 Å². The lowest BCUT2D eigenvalue weighted by atomic mass is 10.1. The molecule has 35 heavy (non-hydrogen) atoms. The number of rotatable bonds is 8. The fourth-order valence-electron chi connectivity index (χ4n) is 2.90. The highest BCUT2D eigenvalue weighted by molar-refractivity contribution is 7.92. The Morgan fingerprint density at radius 3 is 2.49 bits per heavy atom. The van der Waals surface area contributed by atoms with Gasteiger partial charge in [-0.05, 0) is 24.3 Å². The smallest absolute Gasteiger partial charge is 0.265 e. The van der Waals surface area contributed by atoms with Crippen molar-refractivity contribution in [1.29, 1.82) is 0 Å². The Bertz CT molecular complexity index is 1390. The molecule has 3 rings (SSSR count). The Hall–Kier alpha value is -3.50. The number of anilines is 2. The van der Waals surface area contributed by atoms with Crippen LogP contribution in [0.5, 0.6) is 5.75 Å². The van der Waals surface area contributed by atoms with Crippen LogP contribution in [0.1, 0.15) is 16.7 Å². The number of sulfonamides is 1. The van der Waals surface area contributed by atoms with Gasteiger partial charge >= 0.3 is 0 Å². The van der Waals surface area contributed by atoms with Gasteiger partial charge in [-0.2, -0.15) is 0 Å². The van der Waals surface area contributed by atoms with Gasteiger partial charge in [0, 0.05) is 29.5 Å². The van der Waals surface area contributed by atoms with Gasteiger partial charge < -0.3 is 20.3 Å². The monoisotopic (exact) mass is 524 g/mol. The molecule has 1 aromatic heterocycles. The number of ether oxygens (including phenoxy) is 1. The molecular formula is C22H19ClF2N4O5S. The van der Waals surface area contributed by atoms with E-state index < -0.39 is 44.4 Å². The van der Waals surface area contributed by atoms with Crippen LogP contribution in [-0.4, -0.2) is 48.9 Å². The van der Waals surface area contributed by atoms with Crippen molar-refractivity contribution < 1.29 is 32.1 Å². The molecule has 9 nitrogen and oxygen atoms in total. The summed E-state index contributed by atoms with van der Waals surface area (Å²) in [5, 5.41) is 21.0. The van der Waals surface area contributed by atoms with E-state index >= 15 is 4.39 Å². The molecule has 0 spiro atoms. The number of nitrogens with zero attached hydrogens (tertiary/aromatic N) is 2. The maximum atomic E-state index is 15.1. The molecule has 0 aliphatic rings. The minimum Gasteiger partial charge on any atom is -0.495 e. The summed E-state index contributed by atoms with van der Waals surface area (Å²) in [6.07, 6.45) is 2.62. The molecule has 0 fully saturated rings. The largest absolute Gasteiger partial charge is 0.495 e. The van der Waals surface area contributed by atoms with Gasteiger partial charge in [-0.15, -0.1) is 0 Å². The third-order valence-corrected chi connectivity index (χ3v) is 6.06. The molecule has 0 aliphatic carbocycles. The summed E-state index contributed by atoms with van der Waals surface area (Å²) in [6.45, 7) is -0.429. The first kappa shape index (κ1) is 26.1. The van der Waals surface area contributed by atoms with Gasteiger partial charge in [-0.3, -0.25) is 4.72 Å². The Morgan fingerprint density at radius 1 is 1.14 bits per heavy atom. The Balaban J connectivity index is 1.94. The van der Waals surface area contributed by atoms with Crippen LogP contribution < -0.4 is 14.8 Å². The number of nitrogens with one attached hydrogen (secondary N) is 2. The first-order chi connectivity index (χ1) is 16.7. The normalized spacial score (nSPS) is 10.9. The van der Waals surface area contributed by atoms with E-state index in [-0.39, 0.29) is 41.0 Å². The number of aliphatic hydroxyl groups excluding tert-OH is 2. The SMILES string of the molecule is COc1c(CO)cc(Cl)cc1S(=O)(=O)Nc1ccc(F)c(C#Cc2cnc(NCCO)nc2)c1F. The van der Waals surface area contributed by atoms with Crippen LogP contribution in [0.25, 0.3) is 0 Å². The summed E-state index contributed by atoms with van der Waals surface area (Å²) in [7, 11) is -3.27. The molecule has 0 amide bonds. The van der Waals surface area contributed by atoms with Crippen molar-refractivity contribution in [2.75, 3.05) is 30.3 Å². The van der Waals surface area contributed by atoms with E-state index in [4.69, 9.17) is 21.4 Å². The molecule has 0 radical (unpaired) electrons. The molecule has 0 saturated carbocycles. The molecule has 0 atom stereocenters. The predicted octanol–water partition coefficient (Wildman–Crippen LogP) is 2.51. The minimum absolute atomic E-state index is 0.00107. The zero-order chi connectivity index (χ0) is 25.6. The Morgan fingerprint density at radius 2 is 1.86 bits per heavy atom. The standard InChI is InChI=1S/C22H19ClF2N4O5S/c1-34-21-14(12-31)8-15(23)9-19(21)35(32,33)29-18-5-4-17(24)16(20(18)25)3-2-13-10-27-22(28-11-13)26-6-7-30/h4-5,8-11,29-31H,6-7,12H2,1H3,(H,26,27,28). The van der Waals surface area contributed by atoms with Crippen LogP contribution in [0.4, 0.5) is 20.4 Å². The van der Waals surface area contributed by atoms with Crippen LogP contribution in [0.3, 0.4) is 0 Å². The van der Waals surface area contributed by atoms with Crippen molar-refractivity contribution in [3.8, 4) is 17.6 Å². The van der Waals surface area contributed by atoms with Gasteiger partial charge in [-0.1, -0.05) is 23.4 Å². The summed E-state index contributed by atoms with van der Waals surface area (Å²) in [5.41, 5.74) is -0.902. The summed E-state index contributed by atoms with van der Waals surface area (Å²) in [6, 6.07) is 4.16. The van der Waals surface area contributed by atoms with E-state index in [0.29, 0.717) is 0 Å². The van der Waals surface area contributed by atoms with Gasteiger partial charge in [0.1, 0.15) is 16.5 Å². The number of benzene rings is 2. The minimum atomic E-state index is -4.47. The first-order valence-electron chi connectivity index (χ1n) is 9.87. The van der Waals surface area contributed by atoms with Gasteiger partial charge in [0.15, 0.2) is 5.82 Å². The second kappa shape index (κ2) is 11.3. The van der Waals surface area contributed by atoms with Crippen LogP contribution >= 0.6 is 11.6 Å². The highest BCUT2D eigenvalue weighted by atomic mass is 35.5. The van der Waals surface area contributed by atoms with Crippen LogP contribution in [0.15, 0.2) is 41.6 Å². The zero-order valence-electron chi connectivity index (χ0n) is 18.1. The van der Waals surface area contributed by atoms with Crippen molar-refractivity contribution in [2.24, 2.45) is 0 Å². The first-order valence-corrected chi connectivity index (χ1v) is 11.7. The van der Waals surface area contributed by atoms with Gasteiger partial charge in [0.05, 0.1) is 37.1 Å². The second-order valence-electron chi connectivity index (χ2n) is 6.84. The number of aromatic nitrogens is 2. The highest BCUT2D eigenvalue weighted by Gasteiger charge is 2.25. The summed E-state index contributed by atoms with van der Waals surface area (Å²) < 4.78 is 62.4. The van der Waals surface area contributed by atoms with Gasteiger partial charge in [0.2, 0.25) is 5.95 Å². The van der Waals surface area contributed by atoms with Crippen molar-refractivity contribution in [2.45, 2.75) is 11.5 Å². The molecule has 0 aliphatic heterocycles. The van der Waals surface area contributed by atoms with Crippen LogP contribution in [0, 0.1) is 23.5 Å². The lowest BCUT2D eigenvalue weighted by Crippen LogP contribution is -2.16. The highest BCUT2D eigenvalue weighted by Crippen LogP contribution is 2.33. The Kier molecular flexibility index (Phi) is 8.42. The molecule has 13 heteroatoms. The maximum Gasteiger partial charge on any atom is 0.265 e. The maximum absolute atomic E-state index is 15.1. The van der Waals surface area contributed by atoms with Gasteiger partial charge in [-0.25, -0.2) is 27.2 Å². The number of hydrogen-bond acceptors (Lipinski definition) is 8.